The number of nitrogens with zero attached hydrogens (tertiary/aromatic N) is 2. The van der Waals surface area contributed by atoms with Gasteiger partial charge in [-0.05, 0) is 68.4 Å². The number of carbonyl (C=O) groups is 3. The second kappa shape index (κ2) is 11.4. The van der Waals surface area contributed by atoms with Crippen LogP contribution in [-0.4, -0.2) is 59.9 Å². The molecule has 0 aromatic heterocycles. The molecule has 0 unspecified atom stereocenters. The smallest absolute Gasteiger partial charge is 0.321 e. The van der Waals surface area contributed by atoms with Gasteiger partial charge in [-0.1, -0.05) is 35.9 Å². The molecule has 0 aliphatic carbocycles. The van der Waals surface area contributed by atoms with E-state index in [0.29, 0.717) is 42.2 Å². The molecule has 2 N–H and O–H groups in total. The van der Waals surface area contributed by atoms with E-state index in [1.54, 1.807) is 41.3 Å². The Labute approximate surface area is 205 Å². The number of halogens is 1. The zero-order valence-electron chi connectivity index (χ0n) is 19.2. The summed E-state index contributed by atoms with van der Waals surface area (Å²) in [5, 5.41) is 6.47. The zero-order chi connectivity index (χ0) is 23.9. The van der Waals surface area contributed by atoms with Gasteiger partial charge in [0.05, 0.1) is 0 Å². The molecular formula is C26H31ClN4O3. The molecule has 2 aromatic rings. The van der Waals surface area contributed by atoms with Crippen LogP contribution in [0.15, 0.2) is 54.6 Å². The predicted molar refractivity (Wildman–Crippen MR) is 133 cm³/mol. The molecule has 2 aliphatic heterocycles. The third-order valence-electron chi connectivity index (χ3n) is 6.63. The van der Waals surface area contributed by atoms with Gasteiger partial charge < -0.3 is 20.4 Å². The Morgan fingerprint density at radius 3 is 2.24 bits per heavy atom. The zero-order valence-corrected chi connectivity index (χ0v) is 20.0. The van der Waals surface area contributed by atoms with Crippen LogP contribution in [0.3, 0.4) is 0 Å². The summed E-state index contributed by atoms with van der Waals surface area (Å²) < 4.78 is 0. The van der Waals surface area contributed by atoms with E-state index in [-0.39, 0.29) is 23.8 Å². The van der Waals surface area contributed by atoms with Gasteiger partial charge in [0, 0.05) is 42.5 Å². The summed E-state index contributed by atoms with van der Waals surface area (Å²) >= 11 is 6.01. The van der Waals surface area contributed by atoms with Crippen molar-refractivity contribution in [2.75, 3.05) is 31.5 Å². The highest BCUT2D eigenvalue weighted by Gasteiger charge is 2.36. The normalized spacial score (nSPS) is 17.7. The van der Waals surface area contributed by atoms with Gasteiger partial charge in [-0.15, -0.1) is 0 Å². The van der Waals surface area contributed by atoms with E-state index < -0.39 is 6.04 Å². The van der Waals surface area contributed by atoms with Crippen LogP contribution in [0.25, 0.3) is 0 Å². The fourth-order valence-electron chi connectivity index (χ4n) is 4.71. The van der Waals surface area contributed by atoms with Crippen LogP contribution >= 0.6 is 11.6 Å². The Bertz CT molecular complexity index is 1000. The molecule has 1 atom stereocenters. The molecule has 180 valence electrons. The molecule has 0 spiro atoms. The number of anilines is 1. The van der Waals surface area contributed by atoms with Gasteiger partial charge in [-0.25, -0.2) is 4.79 Å². The standard InChI is InChI=1S/C26H31ClN4O3/c27-21-10-7-11-22(18-21)28-26(34)31-16-12-19(13-17-31)23(25(33)30-14-5-2-6-15-30)29-24(32)20-8-3-1-4-9-20/h1,3-4,7-11,18-19,23H,2,5-6,12-17H2,(H,28,34)(H,29,32)/t23-/m1/s1. The van der Waals surface area contributed by atoms with E-state index in [1.807, 2.05) is 23.1 Å². The Kier molecular flexibility index (Phi) is 8.06. The first-order valence-corrected chi connectivity index (χ1v) is 12.4. The molecule has 4 rings (SSSR count). The maximum Gasteiger partial charge on any atom is 0.321 e. The second-order valence-electron chi connectivity index (χ2n) is 8.97. The van der Waals surface area contributed by atoms with Crippen molar-refractivity contribution >= 4 is 35.1 Å². The van der Waals surface area contributed by atoms with Crippen LogP contribution in [0.2, 0.25) is 5.02 Å². The molecule has 2 heterocycles. The number of piperidine rings is 2. The third kappa shape index (κ3) is 6.08. The summed E-state index contributed by atoms with van der Waals surface area (Å²) in [6.45, 7) is 2.50. The number of carbonyl (C=O) groups excluding carboxylic acids is 3. The number of likely N-dealkylation sites (tertiary alicyclic amines) is 2. The molecule has 34 heavy (non-hydrogen) atoms. The first-order valence-electron chi connectivity index (χ1n) is 12.0. The van der Waals surface area contributed by atoms with Crippen molar-refractivity contribution < 1.29 is 14.4 Å². The molecule has 2 aliphatic rings. The quantitative estimate of drug-likeness (QED) is 0.662. The van der Waals surface area contributed by atoms with Crippen LogP contribution in [0, 0.1) is 5.92 Å². The third-order valence-corrected chi connectivity index (χ3v) is 6.87. The fourth-order valence-corrected chi connectivity index (χ4v) is 4.90. The van der Waals surface area contributed by atoms with Crippen LogP contribution in [0.5, 0.6) is 0 Å². The maximum absolute atomic E-state index is 13.5. The molecule has 0 radical (unpaired) electrons. The van der Waals surface area contributed by atoms with E-state index in [9.17, 15) is 14.4 Å². The number of urea groups is 1. The maximum atomic E-state index is 13.5. The Balaban J connectivity index is 1.41. The van der Waals surface area contributed by atoms with Crippen molar-refractivity contribution in [3.05, 3.63) is 65.2 Å². The minimum absolute atomic E-state index is 0.00851. The summed E-state index contributed by atoms with van der Waals surface area (Å²) in [7, 11) is 0. The number of benzene rings is 2. The molecule has 8 heteroatoms. The fraction of sp³-hybridized carbons (Fsp3) is 0.423. The number of hydrogen-bond donors (Lipinski definition) is 2. The molecule has 2 aromatic carbocycles. The molecule has 2 saturated heterocycles. The largest absolute Gasteiger partial charge is 0.341 e. The van der Waals surface area contributed by atoms with Gasteiger partial charge in [-0.3, -0.25) is 9.59 Å². The Morgan fingerprint density at radius 2 is 1.56 bits per heavy atom. The van der Waals surface area contributed by atoms with Crippen molar-refractivity contribution in [3.8, 4) is 0 Å². The lowest BCUT2D eigenvalue weighted by Gasteiger charge is -2.38. The Hall–Kier alpha value is -3.06. The van der Waals surface area contributed by atoms with Gasteiger partial charge in [0.1, 0.15) is 6.04 Å². The van der Waals surface area contributed by atoms with Crippen molar-refractivity contribution in [2.45, 2.75) is 38.1 Å². The second-order valence-corrected chi connectivity index (χ2v) is 9.40. The van der Waals surface area contributed by atoms with Crippen LogP contribution in [0.1, 0.15) is 42.5 Å². The molecule has 0 bridgehead atoms. The molecule has 7 nitrogen and oxygen atoms in total. The average Bonchev–Trinajstić information content (AvgIpc) is 2.88. The number of rotatable bonds is 5. The Morgan fingerprint density at radius 1 is 0.853 bits per heavy atom. The number of hydrogen-bond acceptors (Lipinski definition) is 3. The van der Waals surface area contributed by atoms with Gasteiger partial charge in [0.25, 0.3) is 5.91 Å². The summed E-state index contributed by atoms with van der Waals surface area (Å²) in [6, 6.07) is 15.3. The topological polar surface area (TPSA) is 81.8 Å². The van der Waals surface area contributed by atoms with E-state index >= 15 is 0 Å². The average molecular weight is 483 g/mol. The minimum atomic E-state index is -0.594. The van der Waals surface area contributed by atoms with Crippen molar-refractivity contribution in [1.82, 2.24) is 15.1 Å². The van der Waals surface area contributed by atoms with Crippen LogP contribution in [-0.2, 0) is 4.79 Å². The number of nitrogens with one attached hydrogen (secondary N) is 2. The van der Waals surface area contributed by atoms with E-state index in [0.717, 1.165) is 32.4 Å². The molecular weight excluding hydrogens is 452 g/mol. The van der Waals surface area contributed by atoms with E-state index in [1.165, 1.54) is 0 Å². The lowest BCUT2D eigenvalue weighted by molar-refractivity contribution is -0.136. The summed E-state index contributed by atoms with van der Waals surface area (Å²) in [4.78, 5) is 42.7. The predicted octanol–water partition coefficient (Wildman–Crippen LogP) is 4.40. The van der Waals surface area contributed by atoms with Crippen molar-refractivity contribution in [1.29, 1.82) is 0 Å². The first kappa shape index (κ1) is 24.1. The highest BCUT2D eigenvalue weighted by Crippen LogP contribution is 2.25. The monoisotopic (exact) mass is 482 g/mol. The minimum Gasteiger partial charge on any atom is -0.341 e. The highest BCUT2D eigenvalue weighted by molar-refractivity contribution is 6.30. The summed E-state index contributed by atoms with van der Waals surface area (Å²) in [5.41, 5.74) is 1.19. The van der Waals surface area contributed by atoms with E-state index in [2.05, 4.69) is 10.6 Å². The molecule has 2 fully saturated rings. The summed E-state index contributed by atoms with van der Waals surface area (Å²) in [6.07, 6.45) is 4.40. The van der Waals surface area contributed by atoms with Crippen LogP contribution < -0.4 is 10.6 Å². The van der Waals surface area contributed by atoms with Crippen molar-refractivity contribution in [3.63, 3.8) is 0 Å². The van der Waals surface area contributed by atoms with Gasteiger partial charge >= 0.3 is 6.03 Å². The van der Waals surface area contributed by atoms with Gasteiger partial charge in [0.15, 0.2) is 0 Å². The molecule has 0 saturated carbocycles. The van der Waals surface area contributed by atoms with Gasteiger partial charge in [-0.2, -0.15) is 0 Å². The van der Waals surface area contributed by atoms with Gasteiger partial charge in [0.2, 0.25) is 5.91 Å². The lowest BCUT2D eigenvalue weighted by atomic mass is 9.88. The number of amides is 4. The van der Waals surface area contributed by atoms with Crippen LogP contribution in [0.4, 0.5) is 10.5 Å². The molecule has 4 amide bonds. The first-order chi connectivity index (χ1) is 16.5. The summed E-state index contributed by atoms with van der Waals surface area (Å²) in [5.74, 6) is -0.278. The SMILES string of the molecule is O=C(N[C@@H](C(=O)N1CCCCC1)C1CCN(C(=O)Nc2cccc(Cl)c2)CC1)c1ccccc1. The van der Waals surface area contributed by atoms with Crippen molar-refractivity contribution in [2.24, 2.45) is 5.92 Å². The lowest BCUT2D eigenvalue weighted by Crippen LogP contribution is -2.55. The van der Waals surface area contributed by atoms with E-state index in [4.69, 9.17) is 11.6 Å². The highest BCUT2D eigenvalue weighted by atomic mass is 35.5.